The molecule has 3 aromatic carbocycles. The maximum absolute atomic E-state index is 12.0. The SMILES string of the molecule is O=C(CNC(=O)c1ccc(Br)cc1)Nc1ccc2ccccc2c1. The molecule has 0 aliphatic rings. The largest absolute Gasteiger partial charge is 0.343 e. The van der Waals surface area contributed by atoms with Crippen molar-refractivity contribution in [1.82, 2.24) is 5.32 Å². The number of hydrogen-bond acceptors (Lipinski definition) is 2. The maximum Gasteiger partial charge on any atom is 0.251 e. The highest BCUT2D eigenvalue weighted by atomic mass is 79.9. The van der Waals surface area contributed by atoms with Crippen molar-refractivity contribution in [3.8, 4) is 0 Å². The van der Waals surface area contributed by atoms with Crippen LogP contribution in [0.25, 0.3) is 10.8 Å². The second-order valence-electron chi connectivity index (χ2n) is 5.30. The number of hydrogen-bond donors (Lipinski definition) is 2. The molecule has 0 bridgehead atoms. The van der Waals surface area contributed by atoms with Crippen LogP contribution in [-0.4, -0.2) is 18.4 Å². The molecular weight excluding hydrogens is 368 g/mol. The number of amides is 2. The predicted molar refractivity (Wildman–Crippen MR) is 99.1 cm³/mol. The van der Waals surface area contributed by atoms with E-state index in [-0.39, 0.29) is 18.4 Å². The summed E-state index contributed by atoms with van der Waals surface area (Å²) in [6, 6.07) is 20.6. The van der Waals surface area contributed by atoms with E-state index in [1.54, 1.807) is 24.3 Å². The third-order valence-corrected chi connectivity index (χ3v) is 4.08. The van der Waals surface area contributed by atoms with E-state index in [9.17, 15) is 9.59 Å². The molecule has 5 heteroatoms. The molecule has 0 radical (unpaired) electrons. The van der Waals surface area contributed by atoms with Crippen molar-refractivity contribution in [3.63, 3.8) is 0 Å². The van der Waals surface area contributed by atoms with E-state index in [4.69, 9.17) is 0 Å². The Hall–Kier alpha value is -2.66. The molecule has 0 spiro atoms. The van der Waals surface area contributed by atoms with Crippen LogP contribution in [-0.2, 0) is 4.79 Å². The lowest BCUT2D eigenvalue weighted by Gasteiger charge is -2.08. The zero-order chi connectivity index (χ0) is 16.9. The van der Waals surface area contributed by atoms with Gasteiger partial charge in [-0.25, -0.2) is 0 Å². The first-order valence-electron chi connectivity index (χ1n) is 7.44. The van der Waals surface area contributed by atoms with Gasteiger partial charge in [0.25, 0.3) is 5.91 Å². The van der Waals surface area contributed by atoms with Gasteiger partial charge < -0.3 is 10.6 Å². The molecule has 120 valence electrons. The van der Waals surface area contributed by atoms with E-state index < -0.39 is 0 Å². The number of carbonyl (C=O) groups excluding carboxylic acids is 2. The van der Waals surface area contributed by atoms with E-state index >= 15 is 0 Å². The van der Waals surface area contributed by atoms with Crippen LogP contribution in [0.2, 0.25) is 0 Å². The maximum atomic E-state index is 12.0. The van der Waals surface area contributed by atoms with Crippen molar-refractivity contribution in [1.29, 1.82) is 0 Å². The van der Waals surface area contributed by atoms with Crippen LogP contribution < -0.4 is 10.6 Å². The van der Waals surface area contributed by atoms with Crippen LogP contribution in [0.1, 0.15) is 10.4 Å². The third kappa shape index (κ3) is 4.00. The highest BCUT2D eigenvalue weighted by molar-refractivity contribution is 9.10. The van der Waals surface area contributed by atoms with Gasteiger partial charge in [-0.2, -0.15) is 0 Å². The zero-order valence-electron chi connectivity index (χ0n) is 12.8. The van der Waals surface area contributed by atoms with Gasteiger partial charge in [-0.1, -0.05) is 46.3 Å². The van der Waals surface area contributed by atoms with Gasteiger partial charge in [0.1, 0.15) is 0 Å². The molecule has 0 aliphatic carbocycles. The van der Waals surface area contributed by atoms with Crippen molar-refractivity contribution in [3.05, 3.63) is 76.8 Å². The van der Waals surface area contributed by atoms with Gasteiger partial charge in [0, 0.05) is 15.7 Å². The molecule has 0 fully saturated rings. The molecular formula is C19H15BrN2O2. The van der Waals surface area contributed by atoms with Gasteiger partial charge in [-0.15, -0.1) is 0 Å². The molecule has 4 nitrogen and oxygen atoms in total. The van der Waals surface area contributed by atoms with Crippen LogP contribution in [0.5, 0.6) is 0 Å². The normalized spacial score (nSPS) is 10.4. The summed E-state index contributed by atoms with van der Waals surface area (Å²) in [7, 11) is 0. The van der Waals surface area contributed by atoms with Crippen LogP contribution >= 0.6 is 15.9 Å². The van der Waals surface area contributed by atoms with Crippen LogP contribution in [0.15, 0.2) is 71.2 Å². The molecule has 0 saturated carbocycles. The Balaban J connectivity index is 1.58. The lowest BCUT2D eigenvalue weighted by Crippen LogP contribution is -2.32. The molecule has 24 heavy (non-hydrogen) atoms. The minimum atomic E-state index is -0.281. The molecule has 0 aliphatic heterocycles. The number of nitrogens with one attached hydrogen (secondary N) is 2. The fraction of sp³-hybridized carbons (Fsp3) is 0.0526. The quantitative estimate of drug-likeness (QED) is 0.716. The molecule has 0 unspecified atom stereocenters. The molecule has 3 rings (SSSR count). The van der Waals surface area contributed by atoms with Gasteiger partial charge in [0.15, 0.2) is 0 Å². The summed E-state index contributed by atoms with van der Waals surface area (Å²) in [5, 5.41) is 7.56. The average Bonchev–Trinajstić information content (AvgIpc) is 2.60. The summed E-state index contributed by atoms with van der Waals surface area (Å²) < 4.78 is 0.896. The lowest BCUT2D eigenvalue weighted by molar-refractivity contribution is -0.115. The van der Waals surface area contributed by atoms with Gasteiger partial charge >= 0.3 is 0 Å². The minimum absolute atomic E-state index is 0.0816. The highest BCUT2D eigenvalue weighted by Gasteiger charge is 2.08. The average molecular weight is 383 g/mol. The fourth-order valence-corrected chi connectivity index (χ4v) is 2.60. The fourth-order valence-electron chi connectivity index (χ4n) is 2.34. The number of fused-ring (bicyclic) bond motifs is 1. The van der Waals surface area contributed by atoms with E-state index in [0.29, 0.717) is 11.3 Å². The van der Waals surface area contributed by atoms with Crippen molar-refractivity contribution < 1.29 is 9.59 Å². The first kappa shape index (κ1) is 16.2. The van der Waals surface area contributed by atoms with Crippen LogP contribution in [0, 0.1) is 0 Å². The number of anilines is 1. The summed E-state index contributed by atoms with van der Waals surface area (Å²) in [6.45, 7) is -0.0816. The Morgan fingerprint density at radius 3 is 2.33 bits per heavy atom. The summed E-state index contributed by atoms with van der Waals surface area (Å²) in [4.78, 5) is 24.0. The van der Waals surface area contributed by atoms with E-state index in [1.165, 1.54) is 0 Å². The lowest BCUT2D eigenvalue weighted by atomic mass is 10.1. The Morgan fingerprint density at radius 2 is 1.58 bits per heavy atom. The number of benzene rings is 3. The Bertz CT molecular complexity index is 891. The molecule has 2 N–H and O–H groups in total. The summed E-state index contributed by atoms with van der Waals surface area (Å²) in [5.41, 5.74) is 1.22. The zero-order valence-corrected chi connectivity index (χ0v) is 14.3. The van der Waals surface area contributed by atoms with Gasteiger partial charge in [0.05, 0.1) is 6.54 Å². The number of rotatable bonds is 4. The topological polar surface area (TPSA) is 58.2 Å². The molecule has 0 heterocycles. The van der Waals surface area contributed by atoms with E-state index in [0.717, 1.165) is 15.2 Å². The molecule has 0 atom stereocenters. The molecule has 3 aromatic rings. The molecule has 0 saturated heterocycles. The third-order valence-electron chi connectivity index (χ3n) is 3.55. The second-order valence-corrected chi connectivity index (χ2v) is 6.22. The predicted octanol–water partition coefficient (Wildman–Crippen LogP) is 3.97. The summed E-state index contributed by atoms with van der Waals surface area (Å²) in [5.74, 6) is -0.549. The van der Waals surface area contributed by atoms with Gasteiger partial charge in [-0.3, -0.25) is 9.59 Å². The monoisotopic (exact) mass is 382 g/mol. The highest BCUT2D eigenvalue weighted by Crippen LogP contribution is 2.18. The smallest absolute Gasteiger partial charge is 0.251 e. The van der Waals surface area contributed by atoms with E-state index in [1.807, 2.05) is 42.5 Å². The van der Waals surface area contributed by atoms with Gasteiger partial charge in [-0.05, 0) is 47.2 Å². The standard InChI is InChI=1S/C19H15BrN2O2/c20-16-8-5-14(6-9-16)19(24)21-12-18(23)22-17-10-7-13-3-1-2-4-15(13)11-17/h1-11H,12H2,(H,21,24)(H,22,23). The Kier molecular flexibility index (Phi) is 4.91. The summed E-state index contributed by atoms with van der Waals surface area (Å²) in [6.07, 6.45) is 0. The first-order valence-corrected chi connectivity index (χ1v) is 8.23. The van der Waals surface area contributed by atoms with E-state index in [2.05, 4.69) is 26.6 Å². The number of halogens is 1. The van der Waals surface area contributed by atoms with Crippen molar-refractivity contribution in [2.45, 2.75) is 0 Å². The van der Waals surface area contributed by atoms with Crippen LogP contribution in [0.3, 0.4) is 0 Å². The van der Waals surface area contributed by atoms with Crippen molar-refractivity contribution in [2.24, 2.45) is 0 Å². The molecule has 2 amide bonds. The van der Waals surface area contributed by atoms with Crippen molar-refractivity contribution in [2.75, 3.05) is 11.9 Å². The van der Waals surface area contributed by atoms with Gasteiger partial charge in [0.2, 0.25) is 5.91 Å². The first-order chi connectivity index (χ1) is 11.6. The minimum Gasteiger partial charge on any atom is -0.343 e. The van der Waals surface area contributed by atoms with Crippen molar-refractivity contribution >= 4 is 44.2 Å². The Morgan fingerprint density at radius 1 is 0.875 bits per heavy atom. The Labute approximate surface area is 148 Å². The van der Waals surface area contributed by atoms with Crippen LogP contribution in [0.4, 0.5) is 5.69 Å². The summed E-state index contributed by atoms with van der Waals surface area (Å²) >= 11 is 3.32. The second kappa shape index (κ2) is 7.27. The number of carbonyl (C=O) groups is 2. The molecule has 0 aromatic heterocycles.